The van der Waals surface area contributed by atoms with Gasteiger partial charge in [0.25, 0.3) is 11.7 Å². The molecule has 3 aromatic carbocycles. The smallest absolute Gasteiger partial charge is 0.337 e. The van der Waals surface area contributed by atoms with Crippen molar-refractivity contribution in [1.82, 2.24) is 4.90 Å². The quantitative estimate of drug-likeness (QED) is 0.200. The van der Waals surface area contributed by atoms with Crippen molar-refractivity contribution >= 4 is 46.6 Å². The van der Waals surface area contributed by atoms with Crippen molar-refractivity contribution in [2.75, 3.05) is 14.2 Å². The molecule has 1 amide bonds. The van der Waals surface area contributed by atoms with E-state index < -0.39 is 23.7 Å². The minimum atomic E-state index is -0.908. The molecule has 0 aliphatic carbocycles. The first kappa shape index (κ1) is 25.3. The number of hydrogen-bond acceptors (Lipinski definition) is 6. The summed E-state index contributed by atoms with van der Waals surface area (Å²) in [7, 11) is 2.80. The number of aliphatic hydroxyl groups is 1. The Labute approximate surface area is 217 Å². The molecule has 0 saturated carbocycles. The van der Waals surface area contributed by atoms with Crippen LogP contribution in [-0.4, -0.2) is 41.9 Å². The third kappa shape index (κ3) is 4.80. The van der Waals surface area contributed by atoms with Gasteiger partial charge in [0.2, 0.25) is 0 Å². The molecule has 0 spiro atoms. The van der Waals surface area contributed by atoms with E-state index in [0.717, 1.165) is 0 Å². The summed E-state index contributed by atoms with van der Waals surface area (Å²) in [5.74, 6) is -1.95. The Morgan fingerprint density at radius 1 is 0.944 bits per heavy atom. The number of Topliss-reactive ketones (excluding diaryl/α,β-unsaturated/α-hetero) is 1. The van der Waals surface area contributed by atoms with E-state index in [0.29, 0.717) is 22.4 Å². The fourth-order valence-electron chi connectivity index (χ4n) is 4.06. The molecule has 1 aliphatic rings. The molecule has 184 valence electrons. The van der Waals surface area contributed by atoms with Gasteiger partial charge in [-0.15, -0.1) is 0 Å². The summed E-state index contributed by atoms with van der Waals surface area (Å²) in [5.41, 5.74) is 1.76. The van der Waals surface area contributed by atoms with Crippen LogP contribution in [-0.2, 0) is 20.9 Å². The number of halogens is 2. The van der Waals surface area contributed by atoms with E-state index in [1.165, 1.54) is 37.3 Å². The monoisotopic (exact) mass is 525 g/mol. The lowest BCUT2D eigenvalue weighted by molar-refractivity contribution is -0.140. The zero-order chi connectivity index (χ0) is 26.0. The fourth-order valence-corrected chi connectivity index (χ4v) is 4.36. The van der Waals surface area contributed by atoms with Crippen LogP contribution in [0.25, 0.3) is 5.76 Å². The van der Waals surface area contributed by atoms with Crippen LogP contribution in [0.3, 0.4) is 0 Å². The van der Waals surface area contributed by atoms with Gasteiger partial charge < -0.3 is 19.5 Å². The van der Waals surface area contributed by atoms with Crippen LogP contribution in [0.4, 0.5) is 0 Å². The summed E-state index contributed by atoms with van der Waals surface area (Å²) >= 11 is 12.1. The van der Waals surface area contributed by atoms with Gasteiger partial charge in [-0.3, -0.25) is 9.59 Å². The lowest BCUT2D eigenvalue weighted by Crippen LogP contribution is -2.29. The number of aliphatic hydroxyl groups excluding tert-OH is 1. The van der Waals surface area contributed by atoms with Crippen LogP contribution in [0.15, 0.2) is 72.3 Å². The highest BCUT2D eigenvalue weighted by Gasteiger charge is 2.46. The lowest BCUT2D eigenvalue weighted by atomic mass is 9.95. The molecule has 0 bridgehead atoms. The molecule has 1 saturated heterocycles. The van der Waals surface area contributed by atoms with E-state index in [1.807, 2.05) is 0 Å². The maximum atomic E-state index is 13.2. The normalized spacial score (nSPS) is 16.8. The second-order valence-corrected chi connectivity index (χ2v) is 8.84. The number of ketones is 1. The van der Waals surface area contributed by atoms with E-state index >= 15 is 0 Å². The number of likely N-dealkylation sites (tertiary alicyclic amines) is 1. The number of nitrogens with zero attached hydrogens (tertiary/aromatic N) is 1. The van der Waals surface area contributed by atoms with Crippen LogP contribution in [0.1, 0.15) is 33.1 Å². The first-order valence-corrected chi connectivity index (χ1v) is 11.6. The lowest BCUT2D eigenvalue weighted by Gasteiger charge is -2.26. The zero-order valence-corrected chi connectivity index (χ0v) is 20.8. The Bertz CT molecular complexity index is 1380. The van der Waals surface area contributed by atoms with Gasteiger partial charge >= 0.3 is 5.97 Å². The van der Waals surface area contributed by atoms with E-state index in [9.17, 15) is 19.5 Å². The number of rotatable bonds is 6. The molecule has 7 nitrogen and oxygen atoms in total. The summed E-state index contributed by atoms with van der Waals surface area (Å²) in [6.45, 7) is 0.0477. The number of methoxy groups -OCH3 is 2. The number of amides is 1. The summed E-state index contributed by atoms with van der Waals surface area (Å²) in [4.78, 5) is 39.6. The van der Waals surface area contributed by atoms with Crippen molar-refractivity contribution < 1.29 is 29.0 Å². The highest BCUT2D eigenvalue weighted by atomic mass is 35.5. The second-order valence-electron chi connectivity index (χ2n) is 8.02. The predicted octanol–water partition coefficient (Wildman–Crippen LogP) is 5.41. The van der Waals surface area contributed by atoms with E-state index in [4.69, 9.17) is 32.7 Å². The maximum Gasteiger partial charge on any atom is 0.337 e. The topological polar surface area (TPSA) is 93.1 Å². The molecule has 9 heteroatoms. The summed E-state index contributed by atoms with van der Waals surface area (Å²) < 4.78 is 10.1. The van der Waals surface area contributed by atoms with Gasteiger partial charge in [-0.1, -0.05) is 47.5 Å². The number of ether oxygens (including phenoxy) is 2. The van der Waals surface area contributed by atoms with Crippen LogP contribution in [0.5, 0.6) is 5.75 Å². The van der Waals surface area contributed by atoms with E-state index in [1.54, 1.807) is 48.5 Å². The predicted molar refractivity (Wildman–Crippen MR) is 135 cm³/mol. The van der Waals surface area contributed by atoms with Gasteiger partial charge in [-0.25, -0.2) is 4.79 Å². The number of carbonyl (C=O) groups excluding carboxylic acids is 3. The van der Waals surface area contributed by atoms with E-state index in [-0.39, 0.29) is 33.5 Å². The minimum absolute atomic E-state index is 0.0477. The number of hydrogen-bond donors (Lipinski definition) is 1. The number of benzene rings is 3. The molecule has 3 aromatic rings. The molecule has 36 heavy (non-hydrogen) atoms. The third-order valence-electron chi connectivity index (χ3n) is 5.87. The summed E-state index contributed by atoms with van der Waals surface area (Å²) in [6, 6.07) is 17.0. The molecule has 4 rings (SSSR count). The van der Waals surface area contributed by atoms with Gasteiger partial charge in [0.05, 0.1) is 41.4 Å². The summed E-state index contributed by atoms with van der Waals surface area (Å²) in [5, 5.41) is 11.7. The van der Waals surface area contributed by atoms with Crippen LogP contribution in [0.2, 0.25) is 10.0 Å². The SMILES string of the molecule is COC(=O)c1ccc(CN2C(=O)C(=O)/C(=C(\O)c3ccc(Cl)c(Cl)c3)C2c2cccc(OC)c2)cc1. The molecule has 1 unspecified atom stereocenters. The van der Waals surface area contributed by atoms with Gasteiger partial charge in [0, 0.05) is 12.1 Å². The average Bonchev–Trinajstić information content (AvgIpc) is 3.14. The zero-order valence-electron chi connectivity index (χ0n) is 19.3. The molecule has 0 radical (unpaired) electrons. The highest BCUT2D eigenvalue weighted by Crippen LogP contribution is 2.41. The van der Waals surface area contributed by atoms with Gasteiger partial charge in [0.1, 0.15) is 11.5 Å². The number of carbonyl (C=O) groups is 3. The van der Waals surface area contributed by atoms with Crippen molar-refractivity contribution in [1.29, 1.82) is 0 Å². The second kappa shape index (κ2) is 10.4. The molecule has 0 aromatic heterocycles. The molecule has 1 heterocycles. The van der Waals surface area contributed by atoms with E-state index in [2.05, 4.69) is 0 Å². The average molecular weight is 526 g/mol. The van der Waals surface area contributed by atoms with Gasteiger partial charge in [0.15, 0.2) is 0 Å². The summed E-state index contributed by atoms with van der Waals surface area (Å²) in [6.07, 6.45) is 0. The van der Waals surface area contributed by atoms with Crippen molar-refractivity contribution in [3.05, 3.63) is 105 Å². The maximum absolute atomic E-state index is 13.2. The number of esters is 1. The molecular formula is C27H21Cl2NO6. The standard InChI is InChI=1S/C27H21Cl2NO6/c1-35-19-5-3-4-17(12-19)23-22(24(31)18-10-11-20(28)21(29)13-18)25(32)26(33)30(23)14-15-6-8-16(9-7-15)27(34)36-2/h3-13,23,31H,14H2,1-2H3/b24-22-. The Morgan fingerprint density at radius 2 is 1.64 bits per heavy atom. The first-order valence-electron chi connectivity index (χ1n) is 10.8. The van der Waals surface area contributed by atoms with Crippen molar-refractivity contribution in [2.45, 2.75) is 12.6 Å². The molecule has 1 fully saturated rings. The van der Waals surface area contributed by atoms with Crippen LogP contribution >= 0.6 is 23.2 Å². The Balaban J connectivity index is 1.82. The molecule has 1 atom stereocenters. The Morgan fingerprint density at radius 3 is 2.28 bits per heavy atom. The Kier molecular flexibility index (Phi) is 7.33. The van der Waals surface area contributed by atoms with Crippen molar-refractivity contribution in [3.8, 4) is 5.75 Å². The van der Waals surface area contributed by atoms with Gasteiger partial charge in [-0.2, -0.15) is 0 Å². The minimum Gasteiger partial charge on any atom is -0.507 e. The molecule has 1 N–H and O–H groups in total. The van der Waals surface area contributed by atoms with Crippen molar-refractivity contribution in [2.24, 2.45) is 0 Å². The first-order chi connectivity index (χ1) is 17.2. The van der Waals surface area contributed by atoms with Crippen molar-refractivity contribution in [3.63, 3.8) is 0 Å². The third-order valence-corrected chi connectivity index (χ3v) is 6.61. The van der Waals surface area contributed by atoms with Gasteiger partial charge in [-0.05, 0) is 53.6 Å². The molecule has 1 aliphatic heterocycles. The fraction of sp³-hybridized carbons (Fsp3) is 0.148. The molecular weight excluding hydrogens is 505 g/mol. The Hall–Kier alpha value is -3.81. The largest absolute Gasteiger partial charge is 0.507 e. The highest BCUT2D eigenvalue weighted by molar-refractivity contribution is 6.46. The van der Waals surface area contributed by atoms with Crippen LogP contribution < -0.4 is 4.74 Å². The van der Waals surface area contributed by atoms with Crippen LogP contribution in [0, 0.1) is 0 Å².